The van der Waals surface area contributed by atoms with Crippen LogP contribution in [0.3, 0.4) is 0 Å². The second-order valence-corrected chi connectivity index (χ2v) is 7.40. The second-order valence-electron chi connectivity index (χ2n) is 6.55. The maximum absolute atomic E-state index is 12.4. The number of hydrogen-bond donors (Lipinski definition) is 2. The van der Waals surface area contributed by atoms with Crippen molar-refractivity contribution in [2.24, 2.45) is 0 Å². The third-order valence-corrected chi connectivity index (χ3v) is 5.32. The highest BCUT2D eigenvalue weighted by Crippen LogP contribution is 2.24. The van der Waals surface area contributed by atoms with Gasteiger partial charge in [0.05, 0.1) is 16.6 Å². The fourth-order valence-corrected chi connectivity index (χ4v) is 3.43. The number of H-pyrrole nitrogens is 1. The van der Waals surface area contributed by atoms with Crippen molar-refractivity contribution in [1.82, 2.24) is 9.97 Å². The molecule has 0 atom stereocenters. The molecule has 0 spiro atoms. The minimum Gasteiger partial charge on any atom is -0.338 e. The zero-order chi connectivity index (χ0) is 19.0. The topological polar surface area (TPSA) is 57.8 Å². The second kappa shape index (κ2) is 7.00. The summed E-state index contributed by atoms with van der Waals surface area (Å²) >= 11 is 3.41. The number of anilines is 1. The van der Waals surface area contributed by atoms with Gasteiger partial charge >= 0.3 is 0 Å². The lowest BCUT2D eigenvalue weighted by Crippen LogP contribution is -2.12. The highest BCUT2D eigenvalue weighted by molar-refractivity contribution is 9.10. The summed E-state index contributed by atoms with van der Waals surface area (Å²) in [5.74, 6) is 0.670. The number of imidazole rings is 1. The fraction of sp³-hybridized carbons (Fsp3) is 0.0909. The molecular formula is C22H18BrN3O. The van der Waals surface area contributed by atoms with Gasteiger partial charge in [0.1, 0.15) is 5.82 Å². The van der Waals surface area contributed by atoms with E-state index >= 15 is 0 Å². The molecule has 1 amide bonds. The number of aryl methyl sites for hydroxylation is 2. The molecule has 4 aromatic rings. The number of aromatic amines is 1. The number of benzene rings is 3. The first kappa shape index (κ1) is 17.5. The average Bonchev–Trinajstić information content (AvgIpc) is 3.05. The summed E-state index contributed by atoms with van der Waals surface area (Å²) in [5.41, 5.74) is 6.76. The van der Waals surface area contributed by atoms with E-state index in [2.05, 4.69) is 57.2 Å². The van der Waals surface area contributed by atoms with Crippen LogP contribution in [0.25, 0.3) is 22.4 Å². The Kier molecular flexibility index (Phi) is 4.54. The van der Waals surface area contributed by atoms with E-state index in [0.717, 1.165) is 32.6 Å². The van der Waals surface area contributed by atoms with E-state index in [0.29, 0.717) is 5.56 Å². The van der Waals surface area contributed by atoms with E-state index < -0.39 is 0 Å². The van der Waals surface area contributed by atoms with Crippen molar-refractivity contribution in [3.63, 3.8) is 0 Å². The molecule has 2 N–H and O–H groups in total. The van der Waals surface area contributed by atoms with Crippen LogP contribution in [-0.2, 0) is 0 Å². The predicted octanol–water partition coefficient (Wildman–Crippen LogP) is 5.86. The summed E-state index contributed by atoms with van der Waals surface area (Å²) in [6, 6.07) is 19.2. The largest absolute Gasteiger partial charge is 0.338 e. The van der Waals surface area contributed by atoms with Gasteiger partial charge in [-0.05, 0) is 89.4 Å². The Morgan fingerprint density at radius 1 is 1.00 bits per heavy atom. The SMILES string of the molecule is Cc1cc2nc(-c3ccc(NC(=O)c4ccccc4Br)cc3)[nH]c2cc1C. The van der Waals surface area contributed by atoms with Gasteiger partial charge in [-0.2, -0.15) is 0 Å². The average molecular weight is 420 g/mol. The molecule has 134 valence electrons. The Morgan fingerprint density at radius 2 is 1.70 bits per heavy atom. The molecule has 1 heterocycles. The van der Waals surface area contributed by atoms with Crippen LogP contribution in [0.15, 0.2) is 65.1 Å². The highest BCUT2D eigenvalue weighted by atomic mass is 79.9. The van der Waals surface area contributed by atoms with Gasteiger partial charge in [0.2, 0.25) is 0 Å². The van der Waals surface area contributed by atoms with Crippen molar-refractivity contribution < 1.29 is 4.79 Å². The normalized spacial score (nSPS) is 10.9. The van der Waals surface area contributed by atoms with Crippen LogP contribution in [0.5, 0.6) is 0 Å². The van der Waals surface area contributed by atoms with Crippen LogP contribution in [0, 0.1) is 13.8 Å². The molecule has 4 nitrogen and oxygen atoms in total. The van der Waals surface area contributed by atoms with Gasteiger partial charge in [0.25, 0.3) is 5.91 Å². The minimum atomic E-state index is -0.148. The van der Waals surface area contributed by atoms with E-state index in [-0.39, 0.29) is 5.91 Å². The first-order valence-electron chi connectivity index (χ1n) is 8.64. The van der Waals surface area contributed by atoms with Crippen molar-refractivity contribution >= 4 is 38.6 Å². The zero-order valence-corrected chi connectivity index (χ0v) is 16.6. The first-order chi connectivity index (χ1) is 13.0. The fourth-order valence-electron chi connectivity index (χ4n) is 2.96. The van der Waals surface area contributed by atoms with E-state index in [9.17, 15) is 4.79 Å². The lowest BCUT2D eigenvalue weighted by atomic mass is 10.1. The molecular weight excluding hydrogens is 402 g/mol. The Hall–Kier alpha value is -2.92. The number of carbonyl (C=O) groups is 1. The van der Waals surface area contributed by atoms with E-state index in [4.69, 9.17) is 0 Å². The van der Waals surface area contributed by atoms with Crippen LogP contribution in [0.1, 0.15) is 21.5 Å². The van der Waals surface area contributed by atoms with Gasteiger partial charge in [-0.15, -0.1) is 0 Å². The number of halogens is 1. The Morgan fingerprint density at radius 3 is 2.44 bits per heavy atom. The van der Waals surface area contributed by atoms with Crippen LogP contribution >= 0.6 is 15.9 Å². The number of carbonyl (C=O) groups excluding carboxylic acids is 1. The maximum atomic E-state index is 12.4. The van der Waals surface area contributed by atoms with Gasteiger partial charge in [-0.1, -0.05) is 12.1 Å². The minimum absolute atomic E-state index is 0.148. The maximum Gasteiger partial charge on any atom is 0.256 e. The zero-order valence-electron chi connectivity index (χ0n) is 15.0. The third-order valence-electron chi connectivity index (χ3n) is 4.63. The van der Waals surface area contributed by atoms with Crippen molar-refractivity contribution in [3.8, 4) is 11.4 Å². The van der Waals surface area contributed by atoms with Crippen molar-refractivity contribution in [3.05, 3.63) is 81.8 Å². The van der Waals surface area contributed by atoms with Crippen LogP contribution < -0.4 is 5.32 Å². The number of aromatic nitrogens is 2. The summed E-state index contributed by atoms with van der Waals surface area (Å²) in [5, 5.41) is 2.92. The number of fused-ring (bicyclic) bond motifs is 1. The quantitative estimate of drug-likeness (QED) is 0.436. The monoisotopic (exact) mass is 419 g/mol. The summed E-state index contributed by atoms with van der Waals surface area (Å²) in [6.07, 6.45) is 0. The molecule has 0 unspecified atom stereocenters. The molecule has 0 aliphatic heterocycles. The number of nitrogens with zero attached hydrogens (tertiary/aromatic N) is 1. The predicted molar refractivity (Wildman–Crippen MR) is 113 cm³/mol. The molecule has 3 aromatic carbocycles. The molecule has 0 saturated heterocycles. The Bertz CT molecular complexity index is 1110. The lowest BCUT2D eigenvalue weighted by Gasteiger charge is -2.07. The van der Waals surface area contributed by atoms with E-state index in [1.807, 2.05) is 42.5 Å². The molecule has 0 fully saturated rings. The van der Waals surface area contributed by atoms with Crippen molar-refractivity contribution in [2.45, 2.75) is 13.8 Å². The van der Waals surface area contributed by atoms with Crippen molar-refractivity contribution in [1.29, 1.82) is 0 Å². The van der Waals surface area contributed by atoms with Crippen LogP contribution in [0.4, 0.5) is 5.69 Å². The van der Waals surface area contributed by atoms with Crippen LogP contribution in [0.2, 0.25) is 0 Å². The Labute approximate surface area is 165 Å². The molecule has 4 rings (SSSR count). The van der Waals surface area contributed by atoms with Gasteiger partial charge < -0.3 is 10.3 Å². The van der Waals surface area contributed by atoms with Gasteiger partial charge in [-0.25, -0.2) is 4.98 Å². The summed E-state index contributed by atoms with van der Waals surface area (Å²) in [7, 11) is 0. The number of rotatable bonds is 3. The highest BCUT2D eigenvalue weighted by Gasteiger charge is 2.10. The van der Waals surface area contributed by atoms with Gasteiger partial charge in [0.15, 0.2) is 0 Å². The first-order valence-corrected chi connectivity index (χ1v) is 9.44. The number of hydrogen-bond acceptors (Lipinski definition) is 2. The number of nitrogens with one attached hydrogen (secondary N) is 2. The molecule has 0 aliphatic carbocycles. The Balaban J connectivity index is 1.57. The summed E-state index contributed by atoms with van der Waals surface area (Å²) < 4.78 is 0.770. The summed E-state index contributed by atoms with van der Waals surface area (Å²) in [6.45, 7) is 4.18. The van der Waals surface area contributed by atoms with Gasteiger partial charge in [-0.3, -0.25) is 4.79 Å². The van der Waals surface area contributed by atoms with Gasteiger partial charge in [0, 0.05) is 15.7 Å². The molecule has 1 aromatic heterocycles. The van der Waals surface area contributed by atoms with E-state index in [1.165, 1.54) is 11.1 Å². The molecule has 0 saturated carbocycles. The molecule has 27 heavy (non-hydrogen) atoms. The lowest BCUT2D eigenvalue weighted by molar-refractivity contribution is 0.102. The van der Waals surface area contributed by atoms with Crippen molar-refractivity contribution in [2.75, 3.05) is 5.32 Å². The molecule has 5 heteroatoms. The summed E-state index contributed by atoms with van der Waals surface area (Å²) in [4.78, 5) is 20.5. The smallest absolute Gasteiger partial charge is 0.256 e. The molecule has 0 radical (unpaired) electrons. The molecule has 0 aliphatic rings. The standard InChI is InChI=1S/C22H18BrN3O/c1-13-11-19-20(12-14(13)2)26-21(25-19)15-7-9-16(10-8-15)24-22(27)17-5-3-4-6-18(17)23/h3-12H,1-2H3,(H,24,27)(H,25,26). The third kappa shape index (κ3) is 3.51. The molecule has 0 bridgehead atoms. The van der Waals surface area contributed by atoms with E-state index in [1.54, 1.807) is 6.07 Å². The van der Waals surface area contributed by atoms with Crippen LogP contribution in [-0.4, -0.2) is 15.9 Å². The number of amides is 1.